The smallest absolute Gasteiger partial charge is 0.118 e. The van der Waals surface area contributed by atoms with E-state index in [9.17, 15) is 0 Å². The molecule has 1 aliphatic rings. The summed E-state index contributed by atoms with van der Waals surface area (Å²) in [5.74, 6) is 0. The van der Waals surface area contributed by atoms with Crippen LogP contribution in [-0.4, -0.2) is 45.4 Å². The van der Waals surface area contributed by atoms with Gasteiger partial charge in [0.2, 0.25) is 0 Å². The van der Waals surface area contributed by atoms with Gasteiger partial charge in [-0.1, -0.05) is 24.3 Å². The minimum atomic E-state index is 0.678. The number of hydrogen-bond acceptors (Lipinski definition) is 8. The summed E-state index contributed by atoms with van der Waals surface area (Å²) < 4.78 is 4.27. The summed E-state index contributed by atoms with van der Waals surface area (Å²) in [4.78, 5) is 30.6. The van der Waals surface area contributed by atoms with Gasteiger partial charge in [0.25, 0.3) is 0 Å². The quantitative estimate of drug-likeness (QED) is 0.384. The van der Waals surface area contributed by atoms with Crippen molar-refractivity contribution in [2.24, 2.45) is 4.99 Å². The van der Waals surface area contributed by atoms with Crippen molar-refractivity contribution in [1.82, 2.24) is 44.4 Å². The Kier molecular flexibility index (Phi) is 4.35. The maximum Gasteiger partial charge on any atom is 0.118 e. The van der Waals surface area contributed by atoms with Gasteiger partial charge < -0.3 is 14.5 Å². The molecule has 1 N–H and O–H groups in total. The fraction of sp³-hybridized carbons (Fsp3) is 0.0357. The Hall–Kier alpha value is -5.51. The second-order valence-electron chi connectivity index (χ2n) is 8.97. The van der Waals surface area contributed by atoms with Crippen molar-refractivity contribution in [3.05, 3.63) is 91.8 Å². The summed E-state index contributed by atoms with van der Waals surface area (Å²) in [6.45, 7) is 0.678. The molecule has 0 saturated carbocycles. The van der Waals surface area contributed by atoms with Gasteiger partial charge in [-0.25, -0.2) is 34.9 Å². The summed E-state index contributed by atoms with van der Waals surface area (Å²) in [6, 6.07) is 16.9. The van der Waals surface area contributed by atoms with Gasteiger partial charge in [-0.05, 0) is 35.4 Å². The standard InChI is InChI=1S/C28H18N10/c1-5-19(37-21-9-29-13-33-25(21)26-22(37)10-30-14-34-26)6-2-17(1)18-3-7-20(8-4-18)38-23-11-31-15-35-27(23)28-24(38)12-32-16-36-28/h1-11,13-16H,12H2,(H,32,36). The third-order valence-corrected chi connectivity index (χ3v) is 6.93. The normalized spacial score (nSPS) is 12.7. The molecule has 0 amide bonds. The monoisotopic (exact) mass is 494 g/mol. The highest BCUT2D eigenvalue weighted by Crippen LogP contribution is 2.36. The maximum absolute atomic E-state index is 4.53. The van der Waals surface area contributed by atoms with Crippen molar-refractivity contribution in [2.75, 3.05) is 0 Å². The molecule has 0 spiro atoms. The molecular formula is C28H18N10. The molecule has 0 atom stereocenters. The van der Waals surface area contributed by atoms with E-state index in [1.807, 2.05) is 18.6 Å². The molecule has 0 saturated heterocycles. The molecule has 2 aromatic carbocycles. The molecule has 0 fully saturated rings. The minimum absolute atomic E-state index is 0.678. The Morgan fingerprint density at radius 2 is 1.08 bits per heavy atom. The molecule has 1 aliphatic heterocycles. The van der Waals surface area contributed by atoms with Crippen LogP contribution in [-0.2, 0) is 6.54 Å². The average molecular weight is 495 g/mol. The van der Waals surface area contributed by atoms with Crippen LogP contribution in [0.2, 0.25) is 0 Å². The van der Waals surface area contributed by atoms with Crippen LogP contribution < -0.4 is 5.32 Å². The molecule has 5 aromatic heterocycles. The molecule has 0 aliphatic carbocycles. The summed E-state index contributed by atoms with van der Waals surface area (Å²) in [6.07, 6.45) is 11.8. The van der Waals surface area contributed by atoms with Crippen LogP contribution in [0, 0.1) is 0 Å². The fourth-order valence-corrected chi connectivity index (χ4v) is 5.25. The lowest BCUT2D eigenvalue weighted by molar-refractivity contribution is 0.841. The molecule has 38 heavy (non-hydrogen) atoms. The summed E-state index contributed by atoms with van der Waals surface area (Å²) in [5.41, 5.74) is 11.4. The van der Waals surface area contributed by atoms with Crippen LogP contribution in [0.5, 0.6) is 0 Å². The van der Waals surface area contributed by atoms with E-state index < -0.39 is 0 Å². The van der Waals surface area contributed by atoms with E-state index in [-0.39, 0.29) is 0 Å². The van der Waals surface area contributed by atoms with Crippen molar-refractivity contribution in [1.29, 1.82) is 0 Å². The second kappa shape index (κ2) is 8.00. The fourth-order valence-electron chi connectivity index (χ4n) is 5.25. The van der Waals surface area contributed by atoms with E-state index in [1.54, 1.807) is 25.3 Å². The summed E-state index contributed by atoms with van der Waals surface area (Å²) in [5, 5.41) is 3.21. The van der Waals surface area contributed by atoms with Crippen LogP contribution in [0.4, 0.5) is 5.69 Å². The number of aliphatic imine (C=N–C) groups is 1. The largest absolute Gasteiger partial charge is 0.370 e. The van der Waals surface area contributed by atoms with Gasteiger partial charge in [0.1, 0.15) is 41.2 Å². The number of hydrogen-bond donors (Lipinski definition) is 1. The predicted molar refractivity (Wildman–Crippen MR) is 145 cm³/mol. The highest BCUT2D eigenvalue weighted by atomic mass is 15.1. The number of rotatable bonds is 3. The van der Waals surface area contributed by atoms with Crippen LogP contribution in [0.25, 0.3) is 55.6 Å². The van der Waals surface area contributed by atoms with Crippen LogP contribution in [0.15, 0.2) is 91.1 Å². The molecule has 10 heteroatoms. The van der Waals surface area contributed by atoms with E-state index in [1.165, 1.54) is 0 Å². The highest BCUT2D eigenvalue weighted by molar-refractivity contribution is 6.03. The van der Waals surface area contributed by atoms with Gasteiger partial charge in [-0.3, -0.25) is 0 Å². The second-order valence-corrected chi connectivity index (χ2v) is 8.97. The Labute approximate surface area is 215 Å². The molecule has 180 valence electrons. The molecule has 0 unspecified atom stereocenters. The Bertz CT molecular complexity index is 1960. The first-order valence-corrected chi connectivity index (χ1v) is 12.1. The van der Waals surface area contributed by atoms with Crippen LogP contribution in [0.3, 0.4) is 0 Å². The highest BCUT2D eigenvalue weighted by Gasteiger charge is 2.21. The van der Waals surface area contributed by atoms with Gasteiger partial charge in [-0.2, -0.15) is 0 Å². The molecule has 10 nitrogen and oxygen atoms in total. The van der Waals surface area contributed by atoms with E-state index >= 15 is 0 Å². The van der Waals surface area contributed by atoms with Crippen molar-refractivity contribution in [3.8, 4) is 22.5 Å². The predicted octanol–water partition coefficient (Wildman–Crippen LogP) is 4.53. The minimum Gasteiger partial charge on any atom is -0.370 e. The Balaban J connectivity index is 1.18. The van der Waals surface area contributed by atoms with Gasteiger partial charge in [0, 0.05) is 11.4 Å². The molecule has 0 radical (unpaired) electrons. The molecule has 6 heterocycles. The van der Waals surface area contributed by atoms with Crippen molar-refractivity contribution in [2.45, 2.75) is 6.54 Å². The molecular weight excluding hydrogens is 476 g/mol. The average Bonchev–Trinajstić information content (AvgIpc) is 3.51. The number of nitrogens with one attached hydrogen (secondary N) is 1. The van der Waals surface area contributed by atoms with Gasteiger partial charge in [0.05, 0.1) is 53.7 Å². The third-order valence-electron chi connectivity index (χ3n) is 6.93. The summed E-state index contributed by atoms with van der Waals surface area (Å²) >= 11 is 0. The van der Waals surface area contributed by atoms with E-state index in [2.05, 4.69) is 97.9 Å². The zero-order valence-corrected chi connectivity index (χ0v) is 19.9. The Morgan fingerprint density at radius 3 is 1.66 bits per heavy atom. The topological polar surface area (TPSA) is 112 Å². The number of fused-ring (bicyclic) bond motifs is 6. The molecule has 0 bridgehead atoms. The van der Waals surface area contributed by atoms with Crippen LogP contribution in [0.1, 0.15) is 5.69 Å². The Morgan fingerprint density at radius 1 is 0.579 bits per heavy atom. The first-order chi connectivity index (χ1) is 18.9. The van der Waals surface area contributed by atoms with E-state index in [4.69, 9.17) is 0 Å². The SMILES string of the molecule is C1=Nc2c(n(-c3ccc(-c4ccc(-n5c6cncnc6c6ncncc65)cc4)cc3)c3cncnc23)CN1. The first kappa shape index (κ1) is 20.7. The third kappa shape index (κ3) is 2.97. The van der Waals surface area contributed by atoms with Gasteiger partial charge in [0.15, 0.2) is 0 Å². The number of aromatic nitrogens is 8. The van der Waals surface area contributed by atoms with Crippen LogP contribution >= 0.6 is 0 Å². The van der Waals surface area contributed by atoms with E-state index in [0.717, 1.165) is 67.0 Å². The number of nitrogens with zero attached hydrogens (tertiary/aromatic N) is 9. The first-order valence-electron chi connectivity index (χ1n) is 12.1. The van der Waals surface area contributed by atoms with Crippen molar-refractivity contribution in [3.63, 3.8) is 0 Å². The molecule has 8 rings (SSSR count). The lowest BCUT2D eigenvalue weighted by Gasteiger charge is -2.14. The lowest BCUT2D eigenvalue weighted by Crippen LogP contribution is -2.16. The summed E-state index contributed by atoms with van der Waals surface area (Å²) in [7, 11) is 0. The van der Waals surface area contributed by atoms with Gasteiger partial charge in [-0.15, -0.1) is 0 Å². The zero-order valence-electron chi connectivity index (χ0n) is 19.9. The van der Waals surface area contributed by atoms with E-state index in [0.29, 0.717) is 6.54 Å². The number of benzene rings is 2. The maximum atomic E-state index is 4.53. The lowest BCUT2D eigenvalue weighted by atomic mass is 10.0. The van der Waals surface area contributed by atoms with Crippen molar-refractivity contribution >= 4 is 45.1 Å². The van der Waals surface area contributed by atoms with Gasteiger partial charge >= 0.3 is 0 Å². The molecule has 7 aromatic rings. The van der Waals surface area contributed by atoms with Crippen molar-refractivity contribution < 1.29 is 0 Å². The zero-order chi connectivity index (χ0) is 25.1.